The summed E-state index contributed by atoms with van der Waals surface area (Å²) in [7, 11) is -3.53. The summed E-state index contributed by atoms with van der Waals surface area (Å²) in [6.45, 7) is 2.51. The van der Waals surface area contributed by atoms with E-state index in [0.717, 1.165) is 25.7 Å². The van der Waals surface area contributed by atoms with Crippen molar-refractivity contribution in [1.29, 1.82) is 5.26 Å². The van der Waals surface area contributed by atoms with Crippen LogP contribution in [0.5, 0.6) is 0 Å². The molecule has 1 N–H and O–H groups in total. The summed E-state index contributed by atoms with van der Waals surface area (Å²) in [5, 5.41) is 11.5. The second-order valence-electron chi connectivity index (χ2n) is 7.98. The van der Waals surface area contributed by atoms with E-state index in [1.54, 1.807) is 30.3 Å². The van der Waals surface area contributed by atoms with Gasteiger partial charge in [0.2, 0.25) is 10.0 Å². The van der Waals surface area contributed by atoms with Crippen LogP contribution in [0.25, 0.3) is 6.08 Å². The smallest absolute Gasteiger partial charge is 0.331 e. The number of esters is 1. The van der Waals surface area contributed by atoms with Gasteiger partial charge in [-0.1, -0.05) is 31.0 Å². The van der Waals surface area contributed by atoms with E-state index in [-0.39, 0.29) is 4.90 Å². The van der Waals surface area contributed by atoms with E-state index in [4.69, 9.17) is 10.00 Å². The highest BCUT2D eigenvalue weighted by molar-refractivity contribution is 7.89. The average Bonchev–Trinajstić information content (AvgIpc) is 3.13. The maximum atomic E-state index is 12.8. The van der Waals surface area contributed by atoms with Gasteiger partial charge in [-0.3, -0.25) is 4.79 Å². The molecule has 2 aromatic carbocycles. The molecule has 0 aliphatic carbocycles. The molecule has 1 unspecified atom stereocenters. The van der Waals surface area contributed by atoms with Crippen LogP contribution in [0, 0.1) is 11.3 Å². The molecule has 0 bridgehead atoms. The molecular formula is C25H27N3O5S. The largest absolute Gasteiger partial charge is 0.449 e. The van der Waals surface area contributed by atoms with Gasteiger partial charge in [0.05, 0.1) is 16.5 Å². The average molecular weight is 482 g/mol. The molecule has 1 saturated heterocycles. The molecule has 2 aromatic rings. The third-order valence-corrected chi connectivity index (χ3v) is 7.33. The van der Waals surface area contributed by atoms with Crippen molar-refractivity contribution >= 4 is 33.7 Å². The van der Waals surface area contributed by atoms with Crippen LogP contribution in [0.1, 0.15) is 43.7 Å². The monoisotopic (exact) mass is 481 g/mol. The first-order valence-electron chi connectivity index (χ1n) is 11.1. The molecule has 34 heavy (non-hydrogen) atoms. The normalized spacial score (nSPS) is 15.8. The minimum Gasteiger partial charge on any atom is -0.449 e. The Kier molecular flexibility index (Phi) is 8.57. The Hall–Kier alpha value is -3.48. The first-order valence-corrected chi connectivity index (χ1v) is 12.5. The van der Waals surface area contributed by atoms with Crippen LogP contribution in [0.4, 0.5) is 5.69 Å². The number of nitrogens with one attached hydrogen (secondary N) is 1. The number of hydrogen-bond acceptors (Lipinski definition) is 6. The van der Waals surface area contributed by atoms with E-state index in [2.05, 4.69) is 5.32 Å². The second kappa shape index (κ2) is 11.6. The van der Waals surface area contributed by atoms with Gasteiger partial charge in [-0.15, -0.1) is 0 Å². The van der Waals surface area contributed by atoms with Gasteiger partial charge < -0.3 is 10.1 Å². The SMILES string of the molecule is CC(OC(=O)/C=C/c1ccc(S(=O)(=O)N2CCCCCC2)cc1)C(=O)Nc1cccc(C#N)c1. The Morgan fingerprint density at radius 1 is 1.09 bits per heavy atom. The van der Waals surface area contributed by atoms with E-state index >= 15 is 0 Å². The van der Waals surface area contributed by atoms with Crippen molar-refractivity contribution in [3.63, 3.8) is 0 Å². The summed E-state index contributed by atoms with van der Waals surface area (Å²) in [5.74, 6) is -1.24. The second-order valence-corrected chi connectivity index (χ2v) is 9.92. The third kappa shape index (κ3) is 6.76. The quantitative estimate of drug-likeness (QED) is 0.476. The van der Waals surface area contributed by atoms with Gasteiger partial charge in [-0.25, -0.2) is 13.2 Å². The fourth-order valence-electron chi connectivity index (χ4n) is 3.52. The Labute approximate surface area is 199 Å². The molecule has 1 aliphatic heterocycles. The number of hydrogen-bond donors (Lipinski definition) is 1. The number of anilines is 1. The highest BCUT2D eigenvalue weighted by Gasteiger charge is 2.24. The standard InChI is InChI=1S/C25H27N3O5S/c1-19(25(30)27-22-8-6-7-21(17-22)18-26)33-24(29)14-11-20-9-12-23(13-10-20)34(31,32)28-15-4-2-3-5-16-28/h6-14,17,19H,2-5,15-16H2,1H3,(H,27,30)/b14-11+. The molecule has 0 spiro atoms. The van der Waals surface area contributed by atoms with Crippen molar-refractivity contribution in [2.24, 2.45) is 0 Å². The summed E-state index contributed by atoms with van der Waals surface area (Å²) in [4.78, 5) is 24.6. The summed E-state index contributed by atoms with van der Waals surface area (Å²) in [5.41, 5.74) is 1.45. The highest BCUT2D eigenvalue weighted by atomic mass is 32.2. The predicted octanol–water partition coefficient (Wildman–Crippen LogP) is 3.71. The molecule has 1 amide bonds. The van der Waals surface area contributed by atoms with E-state index < -0.39 is 28.0 Å². The van der Waals surface area contributed by atoms with Gasteiger partial charge in [0.25, 0.3) is 5.91 Å². The maximum Gasteiger partial charge on any atom is 0.331 e. The number of rotatable bonds is 7. The lowest BCUT2D eigenvalue weighted by Crippen LogP contribution is -2.31. The molecule has 9 heteroatoms. The molecule has 1 fully saturated rings. The number of nitrogens with zero attached hydrogens (tertiary/aromatic N) is 2. The lowest BCUT2D eigenvalue weighted by molar-refractivity contribution is -0.148. The number of ether oxygens (including phenoxy) is 1. The van der Waals surface area contributed by atoms with Gasteiger partial charge in [-0.05, 0) is 61.7 Å². The molecule has 1 atom stereocenters. The Balaban J connectivity index is 1.55. The van der Waals surface area contributed by atoms with Crippen LogP contribution >= 0.6 is 0 Å². The third-order valence-electron chi connectivity index (χ3n) is 5.42. The molecule has 0 aromatic heterocycles. The van der Waals surface area contributed by atoms with Crippen LogP contribution in [-0.2, 0) is 24.3 Å². The minimum absolute atomic E-state index is 0.222. The summed E-state index contributed by atoms with van der Waals surface area (Å²) in [6, 6.07) is 14.7. The molecule has 8 nitrogen and oxygen atoms in total. The number of amides is 1. The fourth-order valence-corrected chi connectivity index (χ4v) is 5.04. The van der Waals surface area contributed by atoms with Crippen LogP contribution in [0.2, 0.25) is 0 Å². The number of nitriles is 1. The Morgan fingerprint density at radius 2 is 1.76 bits per heavy atom. The highest BCUT2D eigenvalue weighted by Crippen LogP contribution is 2.21. The first-order chi connectivity index (χ1) is 16.3. The zero-order chi connectivity index (χ0) is 24.6. The van der Waals surface area contributed by atoms with Gasteiger partial charge in [0.1, 0.15) is 0 Å². The van der Waals surface area contributed by atoms with E-state index in [9.17, 15) is 18.0 Å². The summed E-state index contributed by atoms with van der Waals surface area (Å²) in [6.07, 6.45) is 5.44. The Morgan fingerprint density at radius 3 is 2.41 bits per heavy atom. The minimum atomic E-state index is -3.53. The lowest BCUT2D eigenvalue weighted by Gasteiger charge is -2.19. The number of carbonyl (C=O) groups is 2. The van der Waals surface area contributed by atoms with Crippen molar-refractivity contribution in [2.75, 3.05) is 18.4 Å². The summed E-state index contributed by atoms with van der Waals surface area (Å²) >= 11 is 0. The number of sulfonamides is 1. The molecule has 0 radical (unpaired) electrons. The predicted molar refractivity (Wildman–Crippen MR) is 128 cm³/mol. The molecule has 3 rings (SSSR count). The van der Waals surface area contributed by atoms with E-state index in [1.165, 1.54) is 41.6 Å². The molecular weight excluding hydrogens is 454 g/mol. The maximum absolute atomic E-state index is 12.8. The van der Waals surface area contributed by atoms with Crippen LogP contribution in [0.15, 0.2) is 59.5 Å². The van der Waals surface area contributed by atoms with Crippen LogP contribution in [-0.4, -0.2) is 43.8 Å². The molecule has 1 aliphatic rings. The molecule has 178 valence electrons. The summed E-state index contributed by atoms with van der Waals surface area (Å²) < 4.78 is 32.4. The van der Waals surface area contributed by atoms with Gasteiger partial charge in [0.15, 0.2) is 6.10 Å². The first kappa shape index (κ1) is 25.1. The van der Waals surface area contributed by atoms with Crippen molar-refractivity contribution in [1.82, 2.24) is 4.31 Å². The van der Waals surface area contributed by atoms with Crippen molar-refractivity contribution in [3.8, 4) is 6.07 Å². The fraction of sp³-hybridized carbons (Fsp3) is 0.320. The topological polar surface area (TPSA) is 117 Å². The Bertz CT molecular complexity index is 1190. The van der Waals surface area contributed by atoms with Crippen LogP contribution < -0.4 is 5.32 Å². The van der Waals surface area contributed by atoms with Gasteiger partial charge in [-0.2, -0.15) is 9.57 Å². The van der Waals surface area contributed by atoms with Crippen molar-refractivity contribution < 1.29 is 22.7 Å². The number of benzene rings is 2. The van der Waals surface area contributed by atoms with Crippen molar-refractivity contribution in [2.45, 2.75) is 43.6 Å². The van der Waals surface area contributed by atoms with Gasteiger partial charge >= 0.3 is 5.97 Å². The van der Waals surface area contributed by atoms with Crippen LogP contribution in [0.3, 0.4) is 0 Å². The van der Waals surface area contributed by atoms with E-state index in [1.807, 2.05) is 6.07 Å². The molecule has 1 heterocycles. The number of carbonyl (C=O) groups excluding carboxylic acids is 2. The van der Waals surface area contributed by atoms with Crippen molar-refractivity contribution in [3.05, 3.63) is 65.7 Å². The molecule has 0 saturated carbocycles. The zero-order valence-corrected chi connectivity index (χ0v) is 19.8. The van der Waals surface area contributed by atoms with Gasteiger partial charge in [0, 0.05) is 24.9 Å². The zero-order valence-electron chi connectivity index (χ0n) is 18.9. The van der Waals surface area contributed by atoms with E-state index in [0.29, 0.717) is 29.9 Å². The lowest BCUT2D eigenvalue weighted by atomic mass is 10.2.